The Morgan fingerprint density at radius 1 is 0.943 bits per heavy atom. The number of hydrogen-bond acceptors (Lipinski definition) is 6. The van der Waals surface area contributed by atoms with Crippen molar-refractivity contribution in [3.05, 3.63) is 101 Å². The minimum Gasteiger partial charge on any atom is -0.489 e. The zero-order valence-corrected chi connectivity index (χ0v) is 19.8. The minimum atomic E-state index is -0.844. The second-order valence-electron chi connectivity index (χ2n) is 9.00. The summed E-state index contributed by atoms with van der Waals surface area (Å²) in [5.74, 6) is -1.06. The van der Waals surface area contributed by atoms with Crippen molar-refractivity contribution in [1.29, 1.82) is 0 Å². The second kappa shape index (κ2) is 9.66. The Hall–Kier alpha value is -4.06. The predicted molar refractivity (Wildman–Crippen MR) is 135 cm³/mol. The zero-order valence-electron chi connectivity index (χ0n) is 19.8. The average Bonchev–Trinajstić information content (AvgIpc) is 3.04. The van der Waals surface area contributed by atoms with Crippen LogP contribution in [0.5, 0.6) is 5.75 Å². The summed E-state index contributed by atoms with van der Waals surface area (Å²) in [5.41, 5.74) is 5.02. The molecule has 1 aliphatic carbocycles. The Balaban J connectivity index is 1.59. The van der Waals surface area contributed by atoms with Gasteiger partial charge < -0.3 is 20.1 Å². The Labute approximate surface area is 205 Å². The summed E-state index contributed by atoms with van der Waals surface area (Å²) in [7, 11) is 1.33. The van der Waals surface area contributed by atoms with Crippen LogP contribution in [-0.4, -0.2) is 18.9 Å². The van der Waals surface area contributed by atoms with Crippen molar-refractivity contribution in [3.63, 3.8) is 0 Å². The lowest BCUT2D eigenvalue weighted by atomic mass is 9.74. The van der Waals surface area contributed by atoms with E-state index < -0.39 is 17.9 Å². The van der Waals surface area contributed by atoms with E-state index in [1.165, 1.54) is 7.11 Å². The first kappa shape index (κ1) is 22.7. The molecule has 0 unspecified atom stereocenters. The maximum Gasteiger partial charge on any atom is 0.316 e. The van der Waals surface area contributed by atoms with Crippen molar-refractivity contribution in [2.24, 2.45) is 11.8 Å². The summed E-state index contributed by atoms with van der Waals surface area (Å²) in [6, 6.07) is 25.1. The van der Waals surface area contributed by atoms with E-state index >= 15 is 0 Å². The molecule has 0 fully saturated rings. The summed E-state index contributed by atoms with van der Waals surface area (Å²) in [6.45, 7) is 2.32. The molecule has 0 bridgehead atoms. The number of para-hydroxylation sites is 3. The molecular weight excluding hydrogens is 440 g/mol. The summed E-state index contributed by atoms with van der Waals surface area (Å²) in [6.07, 6.45) is 0.556. The maximum absolute atomic E-state index is 13.9. The largest absolute Gasteiger partial charge is 0.489 e. The third-order valence-corrected chi connectivity index (χ3v) is 6.69. The molecule has 6 heteroatoms. The number of carbonyl (C=O) groups is 2. The van der Waals surface area contributed by atoms with Gasteiger partial charge in [-0.05, 0) is 36.1 Å². The maximum atomic E-state index is 13.9. The molecule has 178 valence electrons. The minimum absolute atomic E-state index is 0.184. The van der Waals surface area contributed by atoms with E-state index in [-0.39, 0.29) is 11.7 Å². The highest BCUT2D eigenvalue weighted by Crippen LogP contribution is 2.45. The zero-order chi connectivity index (χ0) is 24.4. The lowest BCUT2D eigenvalue weighted by Gasteiger charge is -2.33. The van der Waals surface area contributed by atoms with E-state index in [0.29, 0.717) is 24.4 Å². The van der Waals surface area contributed by atoms with Gasteiger partial charge >= 0.3 is 5.97 Å². The Morgan fingerprint density at radius 3 is 2.40 bits per heavy atom. The summed E-state index contributed by atoms with van der Waals surface area (Å²) >= 11 is 0. The van der Waals surface area contributed by atoms with E-state index in [9.17, 15) is 9.59 Å². The second-order valence-corrected chi connectivity index (χ2v) is 9.00. The van der Waals surface area contributed by atoms with Crippen LogP contribution in [0.4, 0.5) is 11.4 Å². The number of hydrogen-bond donors (Lipinski definition) is 2. The van der Waals surface area contributed by atoms with Gasteiger partial charge in [-0.1, -0.05) is 67.6 Å². The van der Waals surface area contributed by atoms with Gasteiger partial charge in [-0.25, -0.2) is 0 Å². The van der Waals surface area contributed by atoms with Gasteiger partial charge in [0.2, 0.25) is 0 Å². The molecule has 0 radical (unpaired) electrons. The molecule has 2 aliphatic rings. The molecule has 2 N–H and O–H groups in total. The van der Waals surface area contributed by atoms with Crippen LogP contribution in [0, 0.1) is 11.8 Å². The fourth-order valence-electron chi connectivity index (χ4n) is 4.95. The number of allylic oxidation sites excluding steroid dienone is 1. The van der Waals surface area contributed by atoms with Gasteiger partial charge in [0.1, 0.15) is 18.3 Å². The molecule has 35 heavy (non-hydrogen) atoms. The molecule has 0 spiro atoms. The normalized spacial score (nSPS) is 21.1. The van der Waals surface area contributed by atoms with E-state index in [1.807, 2.05) is 85.8 Å². The average molecular weight is 469 g/mol. The Bertz CT molecular complexity index is 1280. The van der Waals surface area contributed by atoms with Crippen molar-refractivity contribution >= 4 is 23.1 Å². The number of rotatable bonds is 5. The molecule has 6 nitrogen and oxygen atoms in total. The van der Waals surface area contributed by atoms with E-state index in [1.54, 1.807) is 0 Å². The smallest absolute Gasteiger partial charge is 0.316 e. The highest BCUT2D eigenvalue weighted by Gasteiger charge is 2.44. The number of ketones is 1. The van der Waals surface area contributed by atoms with Crippen molar-refractivity contribution in [2.45, 2.75) is 26.0 Å². The molecule has 1 heterocycles. The quantitative estimate of drug-likeness (QED) is 0.381. The van der Waals surface area contributed by atoms with Crippen LogP contribution in [0.15, 0.2) is 90.1 Å². The lowest BCUT2D eigenvalue weighted by molar-refractivity contribution is -0.151. The van der Waals surface area contributed by atoms with Crippen molar-refractivity contribution < 1.29 is 19.1 Å². The standard InChI is InChI=1S/C29H28N2O4/c1-18-16-23-26(28(32)25(18)29(33)34-2)27(31-22-14-8-7-13-21(22)30-23)20-12-6-9-15-24(20)35-17-19-10-4-3-5-11-19/h3-15,18,25,27,30-31H,16-17H2,1-2H3/t18-,25-,27-/m1/s1. The van der Waals surface area contributed by atoms with Crippen LogP contribution in [0.25, 0.3) is 0 Å². The molecule has 5 rings (SSSR count). The van der Waals surface area contributed by atoms with Crippen molar-refractivity contribution in [2.75, 3.05) is 17.7 Å². The Morgan fingerprint density at radius 2 is 1.63 bits per heavy atom. The Kier molecular flexibility index (Phi) is 6.27. The van der Waals surface area contributed by atoms with Crippen molar-refractivity contribution in [3.8, 4) is 5.75 Å². The van der Waals surface area contributed by atoms with Crippen LogP contribution < -0.4 is 15.4 Å². The van der Waals surface area contributed by atoms with E-state index in [4.69, 9.17) is 9.47 Å². The summed E-state index contributed by atoms with van der Waals surface area (Å²) in [4.78, 5) is 26.5. The number of esters is 1. The number of nitrogens with one attached hydrogen (secondary N) is 2. The van der Waals surface area contributed by atoms with Crippen LogP contribution in [0.3, 0.4) is 0 Å². The predicted octanol–water partition coefficient (Wildman–Crippen LogP) is 5.50. The van der Waals surface area contributed by atoms with Gasteiger partial charge in [-0.3, -0.25) is 9.59 Å². The number of Topliss-reactive ketones (excluding diaryl/α,β-unsaturated/α-hetero) is 1. The number of benzene rings is 3. The number of ether oxygens (including phenoxy) is 2. The van der Waals surface area contributed by atoms with Crippen LogP contribution in [0.2, 0.25) is 0 Å². The van der Waals surface area contributed by atoms with Gasteiger partial charge in [0, 0.05) is 16.8 Å². The van der Waals surface area contributed by atoms with Crippen molar-refractivity contribution in [1.82, 2.24) is 0 Å². The fraction of sp³-hybridized carbons (Fsp3) is 0.241. The fourth-order valence-corrected chi connectivity index (χ4v) is 4.95. The van der Waals surface area contributed by atoms with Crippen LogP contribution in [0.1, 0.15) is 30.5 Å². The monoisotopic (exact) mass is 468 g/mol. The lowest BCUT2D eigenvalue weighted by Crippen LogP contribution is -2.39. The van der Waals surface area contributed by atoms with Gasteiger partial charge in [-0.2, -0.15) is 0 Å². The number of anilines is 2. The number of carbonyl (C=O) groups excluding carboxylic acids is 2. The molecule has 0 saturated heterocycles. The molecule has 3 aromatic rings. The molecular formula is C29H28N2O4. The first-order valence-corrected chi connectivity index (χ1v) is 11.8. The molecule has 0 amide bonds. The molecule has 0 aromatic heterocycles. The highest BCUT2D eigenvalue weighted by molar-refractivity contribution is 6.11. The molecule has 1 aliphatic heterocycles. The molecule has 3 atom stereocenters. The number of fused-ring (bicyclic) bond motifs is 1. The van der Waals surface area contributed by atoms with E-state index in [2.05, 4.69) is 10.6 Å². The third kappa shape index (κ3) is 4.39. The molecule has 3 aromatic carbocycles. The van der Waals surface area contributed by atoms with Crippen LogP contribution in [-0.2, 0) is 20.9 Å². The topological polar surface area (TPSA) is 76.7 Å². The first-order chi connectivity index (χ1) is 17.1. The van der Waals surface area contributed by atoms with Gasteiger partial charge in [0.25, 0.3) is 0 Å². The summed E-state index contributed by atoms with van der Waals surface area (Å²) < 4.78 is 11.3. The summed E-state index contributed by atoms with van der Waals surface area (Å²) in [5, 5.41) is 7.04. The molecule has 0 saturated carbocycles. The third-order valence-electron chi connectivity index (χ3n) is 6.69. The van der Waals surface area contributed by atoms with Gasteiger partial charge in [0.15, 0.2) is 5.78 Å². The van der Waals surface area contributed by atoms with Gasteiger partial charge in [-0.15, -0.1) is 0 Å². The van der Waals surface area contributed by atoms with E-state index in [0.717, 1.165) is 28.2 Å². The van der Waals surface area contributed by atoms with Crippen LogP contribution >= 0.6 is 0 Å². The van der Waals surface area contributed by atoms with Gasteiger partial charge in [0.05, 0.1) is 24.5 Å². The number of methoxy groups -OCH3 is 1. The first-order valence-electron chi connectivity index (χ1n) is 11.8. The SMILES string of the molecule is COC(=O)[C@H]1C(=O)C2=C(C[C@H]1C)Nc1ccccc1N[C@@H]2c1ccccc1OCc1ccccc1. The highest BCUT2D eigenvalue weighted by atomic mass is 16.5.